The lowest BCUT2D eigenvalue weighted by Gasteiger charge is -2.25. The molecular weight excluding hydrogens is 378 g/mol. The molecule has 7 nitrogen and oxygen atoms in total. The van der Waals surface area contributed by atoms with Crippen LogP contribution >= 0.6 is 11.3 Å². The number of carboxylic acids is 1. The van der Waals surface area contributed by atoms with Crippen molar-refractivity contribution in [1.82, 2.24) is 4.72 Å². The van der Waals surface area contributed by atoms with Crippen LogP contribution in [0.15, 0.2) is 29.2 Å². The number of esters is 1. The number of aliphatic carboxylic acids is 1. The maximum atomic E-state index is 12.6. The van der Waals surface area contributed by atoms with Gasteiger partial charge in [-0.1, -0.05) is 0 Å². The molecule has 26 heavy (non-hydrogen) atoms. The molecule has 0 saturated carbocycles. The molecule has 0 aliphatic carbocycles. The number of nitrogens with one attached hydrogen (secondary N) is 1. The van der Waals surface area contributed by atoms with Crippen molar-refractivity contribution in [1.29, 1.82) is 0 Å². The van der Waals surface area contributed by atoms with Crippen LogP contribution in [0.1, 0.15) is 43.3 Å². The summed E-state index contributed by atoms with van der Waals surface area (Å²) in [4.78, 5) is 23.0. The number of hydrogen-bond donors (Lipinski definition) is 2. The van der Waals surface area contributed by atoms with E-state index in [0.29, 0.717) is 10.3 Å². The van der Waals surface area contributed by atoms with Crippen LogP contribution in [-0.4, -0.2) is 37.6 Å². The van der Waals surface area contributed by atoms with Gasteiger partial charge in [-0.15, -0.1) is 11.3 Å². The highest BCUT2D eigenvalue weighted by molar-refractivity contribution is 7.89. The number of ether oxygens (including phenoxy) is 1. The third-order valence-electron chi connectivity index (χ3n) is 3.65. The molecule has 0 radical (unpaired) electrons. The Balaban J connectivity index is 2.27. The molecule has 1 heterocycles. The fraction of sp³-hybridized carbons (Fsp3) is 0.412. The van der Waals surface area contributed by atoms with Crippen LogP contribution in [0.5, 0.6) is 0 Å². The third kappa shape index (κ3) is 5.03. The summed E-state index contributed by atoms with van der Waals surface area (Å²) in [6, 6.07) is 6.20. The van der Waals surface area contributed by atoms with Gasteiger partial charge in [-0.05, 0) is 56.8 Å². The molecule has 0 aliphatic rings. The molecule has 2 N–H and O–H groups in total. The van der Waals surface area contributed by atoms with Gasteiger partial charge in [0, 0.05) is 16.7 Å². The normalized spacial score (nSPS) is 12.3. The second-order valence-corrected chi connectivity index (χ2v) is 9.18. The summed E-state index contributed by atoms with van der Waals surface area (Å²) in [5.41, 5.74) is -0.906. The van der Waals surface area contributed by atoms with E-state index in [-0.39, 0.29) is 24.3 Å². The van der Waals surface area contributed by atoms with Crippen LogP contribution in [0.4, 0.5) is 0 Å². The Hall–Kier alpha value is -1.97. The van der Waals surface area contributed by atoms with E-state index in [1.165, 1.54) is 23.5 Å². The van der Waals surface area contributed by atoms with Gasteiger partial charge in [0.05, 0.1) is 11.5 Å². The number of benzene rings is 1. The highest BCUT2D eigenvalue weighted by Crippen LogP contribution is 2.29. The minimum atomic E-state index is -3.83. The van der Waals surface area contributed by atoms with Crippen molar-refractivity contribution in [2.75, 3.05) is 6.61 Å². The zero-order valence-electron chi connectivity index (χ0n) is 14.7. The van der Waals surface area contributed by atoms with Crippen LogP contribution in [0.3, 0.4) is 0 Å². The number of carboxylic acid groups (broad SMARTS) is 1. The molecule has 0 bridgehead atoms. The van der Waals surface area contributed by atoms with E-state index in [1.54, 1.807) is 32.9 Å². The van der Waals surface area contributed by atoms with Crippen molar-refractivity contribution in [3.8, 4) is 0 Å². The minimum absolute atomic E-state index is 0.0570. The fourth-order valence-corrected chi connectivity index (χ4v) is 4.80. The first-order chi connectivity index (χ1) is 12.0. The SMILES string of the molecule is CCOC(=O)c1cc2cc(S(=O)(=O)NC(C)(C)CCC(=O)O)ccc2s1. The first kappa shape index (κ1) is 20.3. The van der Waals surface area contributed by atoms with Gasteiger partial charge in [0.15, 0.2) is 0 Å². The smallest absolute Gasteiger partial charge is 0.348 e. The van der Waals surface area contributed by atoms with Crippen LogP contribution in [0.2, 0.25) is 0 Å². The number of hydrogen-bond acceptors (Lipinski definition) is 6. The largest absolute Gasteiger partial charge is 0.481 e. The standard InChI is InChI=1S/C17H21NO6S2/c1-4-24-16(21)14-10-11-9-12(5-6-13(11)25-14)26(22,23)18-17(2,3)8-7-15(19)20/h5-6,9-10,18H,4,7-8H2,1-3H3,(H,19,20). The maximum Gasteiger partial charge on any atom is 0.348 e. The summed E-state index contributed by atoms with van der Waals surface area (Å²) in [6.07, 6.45) is 0.0251. The lowest BCUT2D eigenvalue weighted by Crippen LogP contribution is -2.43. The fourth-order valence-electron chi connectivity index (χ4n) is 2.38. The number of fused-ring (bicyclic) bond motifs is 1. The Morgan fingerprint density at radius 3 is 2.58 bits per heavy atom. The molecule has 0 saturated heterocycles. The molecule has 2 rings (SSSR count). The monoisotopic (exact) mass is 399 g/mol. The van der Waals surface area contributed by atoms with E-state index >= 15 is 0 Å². The number of rotatable bonds is 8. The molecule has 0 amide bonds. The Labute approximate surface area is 156 Å². The molecule has 1 aromatic carbocycles. The Morgan fingerprint density at radius 2 is 1.96 bits per heavy atom. The minimum Gasteiger partial charge on any atom is -0.481 e. The summed E-state index contributed by atoms with van der Waals surface area (Å²) >= 11 is 1.23. The number of carbonyl (C=O) groups excluding carboxylic acids is 1. The lowest BCUT2D eigenvalue weighted by molar-refractivity contribution is -0.137. The first-order valence-electron chi connectivity index (χ1n) is 8.00. The summed E-state index contributed by atoms with van der Waals surface area (Å²) in [5.74, 6) is -1.42. The maximum absolute atomic E-state index is 12.6. The van der Waals surface area contributed by atoms with Crippen molar-refractivity contribution in [3.05, 3.63) is 29.1 Å². The summed E-state index contributed by atoms with van der Waals surface area (Å²) in [6.45, 7) is 5.25. The quantitative estimate of drug-likeness (QED) is 0.660. The van der Waals surface area contributed by atoms with E-state index in [1.807, 2.05) is 0 Å². The molecule has 0 aliphatic heterocycles. The van der Waals surface area contributed by atoms with Gasteiger partial charge in [0.2, 0.25) is 10.0 Å². The van der Waals surface area contributed by atoms with Gasteiger partial charge in [-0.2, -0.15) is 0 Å². The zero-order valence-corrected chi connectivity index (χ0v) is 16.4. The molecule has 2 aromatic rings. The highest BCUT2D eigenvalue weighted by Gasteiger charge is 2.27. The molecule has 0 atom stereocenters. The zero-order chi connectivity index (χ0) is 19.5. The van der Waals surface area contributed by atoms with Crippen LogP contribution in [-0.2, 0) is 19.6 Å². The van der Waals surface area contributed by atoms with E-state index < -0.39 is 27.5 Å². The molecule has 9 heteroatoms. The Kier molecular flexibility index (Phi) is 6.05. The van der Waals surface area contributed by atoms with Crippen LogP contribution in [0.25, 0.3) is 10.1 Å². The van der Waals surface area contributed by atoms with Crippen molar-refractivity contribution in [3.63, 3.8) is 0 Å². The predicted molar refractivity (Wildman–Crippen MR) is 99.1 cm³/mol. The summed E-state index contributed by atoms with van der Waals surface area (Å²) in [7, 11) is -3.83. The lowest BCUT2D eigenvalue weighted by atomic mass is 10.0. The number of carbonyl (C=O) groups is 2. The van der Waals surface area contributed by atoms with Crippen LogP contribution < -0.4 is 4.72 Å². The number of thiophene rings is 1. The third-order valence-corrected chi connectivity index (χ3v) is 6.44. The molecule has 0 spiro atoms. The predicted octanol–water partition coefficient (Wildman–Crippen LogP) is 3.00. The highest BCUT2D eigenvalue weighted by atomic mass is 32.2. The Morgan fingerprint density at radius 1 is 1.27 bits per heavy atom. The van der Waals surface area contributed by atoms with Crippen molar-refractivity contribution >= 4 is 43.4 Å². The molecule has 1 aromatic heterocycles. The van der Waals surface area contributed by atoms with E-state index in [2.05, 4.69) is 4.72 Å². The second kappa shape index (κ2) is 7.73. The van der Waals surface area contributed by atoms with Gasteiger partial charge in [-0.25, -0.2) is 17.9 Å². The van der Waals surface area contributed by atoms with E-state index in [9.17, 15) is 18.0 Å². The first-order valence-corrected chi connectivity index (χ1v) is 10.3. The van der Waals surface area contributed by atoms with Gasteiger partial charge in [-0.3, -0.25) is 4.79 Å². The Bertz CT molecular complexity index is 930. The summed E-state index contributed by atoms with van der Waals surface area (Å²) in [5, 5.41) is 9.41. The van der Waals surface area contributed by atoms with Crippen molar-refractivity contribution in [2.45, 2.75) is 44.0 Å². The van der Waals surface area contributed by atoms with E-state index in [0.717, 1.165) is 4.70 Å². The molecule has 142 valence electrons. The van der Waals surface area contributed by atoms with E-state index in [4.69, 9.17) is 9.84 Å². The molecule has 0 fully saturated rings. The van der Waals surface area contributed by atoms with Crippen molar-refractivity contribution < 1.29 is 27.9 Å². The summed E-state index contributed by atoms with van der Waals surface area (Å²) < 4.78 is 33.5. The van der Waals surface area contributed by atoms with Crippen molar-refractivity contribution in [2.24, 2.45) is 0 Å². The molecular formula is C17H21NO6S2. The van der Waals surface area contributed by atoms with Gasteiger partial charge in [0.25, 0.3) is 0 Å². The average Bonchev–Trinajstić information content (AvgIpc) is 2.95. The van der Waals surface area contributed by atoms with Crippen LogP contribution in [0, 0.1) is 0 Å². The number of sulfonamides is 1. The molecule has 0 unspecified atom stereocenters. The van der Waals surface area contributed by atoms with Gasteiger partial charge >= 0.3 is 11.9 Å². The van der Waals surface area contributed by atoms with Gasteiger partial charge in [0.1, 0.15) is 4.88 Å². The second-order valence-electron chi connectivity index (χ2n) is 6.41. The average molecular weight is 399 g/mol. The van der Waals surface area contributed by atoms with Gasteiger partial charge < -0.3 is 9.84 Å². The topological polar surface area (TPSA) is 110 Å².